The zero-order chi connectivity index (χ0) is 20.9. The first-order chi connectivity index (χ1) is 12.5. The van der Waals surface area contributed by atoms with Crippen LogP contribution in [0.1, 0.15) is 10.4 Å². The van der Waals surface area contributed by atoms with Crippen molar-refractivity contribution in [2.24, 2.45) is 0 Å². The minimum absolute atomic E-state index is 0.535. The van der Waals surface area contributed by atoms with Crippen LogP contribution in [0.2, 0.25) is 0 Å². The summed E-state index contributed by atoms with van der Waals surface area (Å²) < 4.78 is 13.2. The lowest BCUT2D eigenvalue weighted by molar-refractivity contribution is -0.176. The molecule has 4 unspecified atom stereocenters. The van der Waals surface area contributed by atoms with Crippen molar-refractivity contribution >= 4 is 17.9 Å². The molecule has 0 saturated heterocycles. The molecule has 0 fully saturated rings. The number of aliphatic hydroxyl groups excluding tert-OH is 3. The summed E-state index contributed by atoms with van der Waals surface area (Å²) in [6, 6.07) is 1.38. The first-order valence-corrected chi connectivity index (χ1v) is 7.20. The Hall–Kier alpha value is -3.09. The van der Waals surface area contributed by atoms with E-state index in [0.717, 1.165) is 14.2 Å². The number of hydrogen-bond acceptors (Lipinski definition) is 12. The van der Waals surface area contributed by atoms with Crippen LogP contribution in [0, 0.1) is 0 Å². The van der Waals surface area contributed by atoms with Crippen molar-refractivity contribution < 1.29 is 59.2 Å². The third-order valence-corrected chi connectivity index (χ3v) is 3.40. The smallest absolute Gasteiger partial charge is 0.350 e. The highest BCUT2D eigenvalue weighted by atomic mass is 16.6. The van der Waals surface area contributed by atoms with E-state index in [1.54, 1.807) is 0 Å². The van der Waals surface area contributed by atoms with Gasteiger partial charge in [0.15, 0.2) is 23.4 Å². The summed E-state index contributed by atoms with van der Waals surface area (Å²) in [4.78, 5) is 35.1. The Bertz CT molecular complexity index is 692. The van der Waals surface area contributed by atoms with Crippen molar-refractivity contribution in [3.8, 4) is 17.2 Å². The van der Waals surface area contributed by atoms with Crippen molar-refractivity contribution in [2.45, 2.75) is 24.4 Å². The molecular formula is C15H18O12. The lowest BCUT2D eigenvalue weighted by Gasteiger charge is -2.26. The standard InChI is InChI=1S/C15H18O12/c1-25-14(23)11(21)9(19)10(20)12(15(24)26-2)27-13(22)5-3-6(16)8(18)7(17)4-5/h3-4,9-12,16-21H,1-2H3. The van der Waals surface area contributed by atoms with Gasteiger partial charge in [-0.2, -0.15) is 0 Å². The van der Waals surface area contributed by atoms with Crippen LogP contribution in [0.15, 0.2) is 12.1 Å². The van der Waals surface area contributed by atoms with Crippen molar-refractivity contribution in [1.29, 1.82) is 0 Å². The molecule has 6 N–H and O–H groups in total. The van der Waals surface area contributed by atoms with Gasteiger partial charge in [0.1, 0.15) is 12.2 Å². The molecule has 0 heterocycles. The molecule has 0 aliphatic heterocycles. The number of esters is 3. The number of phenolic OH excluding ortho intramolecular Hbond substituents is 3. The SMILES string of the molecule is COC(=O)C(O)C(O)C(O)C(OC(=O)c1cc(O)c(O)c(O)c1)C(=O)OC. The first-order valence-electron chi connectivity index (χ1n) is 7.20. The highest BCUT2D eigenvalue weighted by Gasteiger charge is 2.42. The molecule has 0 bridgehead atoms. The molecule has 12 heteroatoms. The zero-order valence-corrected chi connectivity index (χ0v) is 14.1. The van der Waals surface area contributed by atoms with E-state index >= 15 is 0 Å². The molecule has 0 saturated carbocycles. The van der Waals surface area contributed by atoms with Crippen molar-refractivity contribution in [3.05, 3.63) is 17.7 Å². The molecule has 1 aromatic rings. The van der Waals surface area contributed by atoms with Crippen LogP contribution >= 0.6 is 0 Å². The topological polar surface area (TPSA) is 200 Å². The molecule has 1 rings (SSSR count). The largest absolute Gasteiger partial charge is 0.504 e. The Kier molecular flexibility index (Phi) is 7.34. The van der Waals surface area contributed by atoms with Crippen molar-refractivity contribution in [1.82, 2.24) is 0 Å². The second kappa shape index (κ2) is 9.02. The molecule has 27 heavy (non-hydrogen) atoms. The summed E-state index contributed by atoms with van der Waals surface area (Å²) in [7, 11) is 1.77. The molecule has 150 valence electrons. The molecule has 4 atom stereocenters. The molecule has 1 aromatic carbocycles. The van der Waals surface area contributed by atoms with Gasteiger partial charge in [0.25, 0.3) is 0 Å². The number of aliphatic hydroxyl groups is 3. The van der Waals surface area contributed by atoms with E-state index in [4.69, 9.17) is 4.74 Å². The third kappa shape index (κ3) is 4.97. The van der Waals surface area contributed by atoms with Gasteiger partial charge in [-0.3, -0.25) is 0 Å². The summed E-state index contributed by atoms with van der Waals surface area (Å²) in [5.74, 6) is -6.72. The molecule has 0 radical (unpaired) electrons. The average molecular weight is 390 g/mol. The summed E-state index contributed by atoms with van der Waals surface area (Å²) in [5.41, 5.74) is -0.535. The average Bonchev–Trinajstić information content (AvgIpc) is 2.66. The number of rotatable bonds is 7. The van der Waals surface area contributed by atoms with Gasteiger partial charge in [0, 0.05) is 0 Å². The number of carbonyl (C=O) groups is 3. The Labute approximate surface area is 151 Å². The Morgan fingerprint density at radius 3 is 1.78 bits per heavy atom. The van der Waals surface area contributed by atoms with Gasteiger partial charge in [0.2, 0.25) is 6.10 Å². The van der Waals surface area contributed by atoms with E-state index < -0.39 is 65.1 Å². The summed E-state index contributed by atoms with van der Waals surface area (Å²) >= 11 is 0. The van der Waals surface area contributed by atoms with Crippen LogP contribution in [-0.2, 0) is 23.8 Å². The van der Waals surface area contributed by atoms with Gasteiger partial charge >= 0.3 is 17.9 Å². The summed E-state index contributed by atoms with van der Waals surface area (Å²) in [6.07, 6.45) is -9.07. The molecule has 0 aromatic heterocycles. The molecule has 0 spiro atoms. The van der Waals surface area contributed by atoms with Gasteiger partial charge in [-0.1, -0.05) is 0 Å². The quantitative estimate of drug-likeness (QED) is 0.166. The summed E-state index contributed by atoms with van der Waals surface area (Å²) in [6.45, 7) is 0. The molecular weight excluding hydrogens is 372 g/mol. The molecule has 0 aliphatic rings. The Morgan fingerprint density at radius 2 is 1.33 bits per heavy atom. The van der Waals surface area contributed by atoms with Crippen LogP contribution in [0.4, 0.5) is 0 Å². The van der Waals surface area contributed by atoms with E-state index in [1.165, 1.54) is 0 Å². The predicted molar refractivity (Wildman–Crippen MR) is 82.7 cm³/mol. The first kappa shape index (κ1) is 22.0. The minimum Gasteiger partial charge on any atom is -0.504 e. The van der Waals surface area contributed by atoms with Gasteiger partial charge in [0.05, 0.1) is 19.8 Å². The molecule has 0 amide bonds. The van der Waals surface area contributed by atoms with Gasteiger partial charge in [-0.25, -0.2) is 14.4 Å². The van der Waals surface area contributed by atoms with Crippen LogP contribution < -0.4 is 0 Å². The maximum absolute atomic E-state index is 12.1. The number of methoxy groups -OCH3 is 2. The number of carbonyl (C=O) groups excluding carboxylic acids is 3. The van der Waals surface area contributed by atoms with Gasteiger partial charge in [-0.05, 0) is 12.1 Å². The monoisotopic (exact) mass is 390 g/mol. The van der Waals surface area contributed by atoms with Gasteiger partial charge < -0.3 is 44.8 Å². The highest BCUT2D eigenvalue weighted by Crippen LogP contribution is 2.35. The number of ether oxygens (including phenoxy) is 3. The maximum Gasteiger partial charge on any atom is 0.350 e. The van der Waals surface area contributed by atoms with Crippen LogP contribution in [-0.4, -0.2) is 87.2 Å². The number of aromatic hydroxyl groups is 3. The second-order valence-electron chi connectivity index (χ2n) is 5.16. The van der Waals surface area contributed by atoms with E-state index in [0.29, 0.717) is 12.1 Å². The lowest BCUT2D eigenvalue weighted by Crippen LogP contribution is -2.52. The number of benzene rings is 1. The zero-order valence-electron chi connectivity index (χ0n) is 14.1. The fraction of sp³-hybridized carbons (Fsp3) is 0.400. The fourth-order valence-electron chi connectivity index (χ4n) is 1.90. The lowest BCUT2D eigenvalue weighted by atomic mass is 10.0. The van der Waals surface area contributed by atoms with Crippen molar-refractivity contribution in [3.63, 3.8) is 0 Å². The van der Waals surface area contributed by atoms with E-state index in [9.17, 15) is 45.0 Å². The third-order valence-electron chi connectivity index (χ3n) is 3.40. The van der Waals surface area contributed by atoms with Crippen LogP contribution in [0.25, 0.3) is 0 Å². The minimum atomic E-state index is -2.31. The van der Waals surface area contributed by atoms with E-state index in [2.05, 4.69) is 9.47 Å². The summed E-state index contributed by atoms with van der Waals surface area (Å²) in [5, 5.41) is 57.4. The fourth-order valence-corrected chi connectivity index (χ4v) is 1.90. The van der Waals surface area contributed by atoms with E-state index in [1.807, 2.05) is 0 Å². The Morgan fingerprint density at radius 1 is 0.852 bits per heavy atom. The molecule has 12 nitrogen and oxygen atoms in total. The van der Waals surface area contributed by atoms with E-state index in [-0.39, 0.29) is 0 Å². The predicted octanol–water partition coefficient (Wildman–Crippen LogP) is -2.24. The Balaban J connectivity index is 3.09. The normalized spacial score (nSPS) is 15.1. The van der Waals surface area contributed by atoms with Gasteiger partial charge in [-0.15, -0.1) is 0 Å². The second-order valence-corrected chi connectivity index (χ2v) is 5.16. The number of hydrogen-bond donors (Lipinski definition) is 6. The van der Waals surface area contributed by atoms with Crippen molar-refractivity contribution in [2.75, 3.05) is 14.2 Å². The van der Waals surface area contributed by atoms with Crippen LogP contribution in [0.3, 0.4) is 0 Å². The van der Waals surface area contributed by atoms with Crippen LogP contribution in [0.5, 0.6) is 17.2 Å². The maximum atomic E-state index is 12.1. The highest BCUT2D eigenvalue weighted by molar-refractivity contribution is 5.93. The number of phenols is 3. The molecule has 0 aliphatic carbocycles.